The summed E-state index contributed by atoms with van der Waals surface area (Å²) in [7, 11) is 1.85. The van der Waals surface area contributed by atoms with Crippen molar-refractivity contribution in [2.75, 3.05) is 18.9 Å². The molecule has 0 aromatic carbocycles. The molecule has 0 unspecified atom stereocenters. The first-order chi connectivity index (χ1) is 9.61. The molecule has 1 N–H and O–H groups in total. The van der Waals surface area contributed by atoms with Crippen LogP contribution in [0.25, 0.3) is 0 Å². The van der Waals surface area contributed by atoms with Crippen LogP contribution >= 0.6 is 0 Å². The van der Waals surface area contributed by atoms with Gasteiger partial charge in [0.15, 0.2) is 0 Å². The fourth-order valence-electron chi connectivity index (χ4n) is 2.82. The van der Waals surface area contributed by atoms with Crippen molar-refractivity contribution in [3.63, 3.8) is 0 Å². The van der Waals surface area contributed by atoms with Crippen molar-refractivity contribution in [3.05, 3.63) is 24.0 Å². The summed E-state index contributed by atoms with van der Waals surface area (Å²) < 4.78 is 0. The molecule has 1 amide bonds. The van der Waals surface area contributed by atoms with Crippen molar-refractivity contribution >= 4 is 11.6 Å². The minimum atomic E-state index is 0.0771. The number of amides is 1. The zero-order valence-electron chi connectivity index (χ0n) is 12.7. The third-order valence-electron chi connectivity index (χ3n) is 3.86. The second-order valence-corrected chi connectivity index (χ2v) is 5.97. The summed E-state index contributed by atoms with van der Waals surface area (Å²) in [5, 5.41) is 3.02. The van der Waals surface area contributed by atoms with Gasteiger partial charge in [0.25, 0.3) is 5.91 Å². The van der Waals surface area contributed by atoms with E-state index in [0.717, 1.165) is 25.1 Å². The number of carbonyl (C=O) groups excluding carboxylic acids is 1. The van der Waals surface area contributed by atoms with E-state index in [1.807, 2.05) is 24.1 Å². The van der Waals surface area contributed by atoms with E-state index in [0.29, 0.717) is 17.7 Å². The van der Waals surface area contributed by atoms with Crippen LogP contribution < -0.4 is 5.32 Å². The molecule has 1 aliphatic carbocycles. The van der Waals surface area contributed by atoms with Crippen LogP contribution in [-0.4, -0.2) is 35.4 Å². The number of rotatable bonds is 5. The van der Waals surface area contributed by atoms with Gasteiger partial charge in [0, 0.05) is 19.6 Å². The molecule has 1 aromatic rings. The maximum atomic E-state index is 12.7. The van der Waals surface area contributed by atoms with Crippen molar-refractivity contribution < 1.29 is 4.79 Å². The molecule has 0 aliphatic heterocycles. The van der Waals surface area contributed by atoms with Gasteiger partial charge in [-0.05, 0) is 30.9 Å². The molecule has 20 heavy (non-hydrogen) atoms. The first kappa shape index (κ1) is 14.8. The highest BCUT2D eigenvalue weighted by Gasteiger charge is 2.28. The molecule has 0 atom stereocenters. The minimum absolute atomic E-state index is 0.0771. The fraction of sp³-hybridized carbons (Fsp3) is 0.625. The molecule has 4 nitrogen and oxygen atoms in total. The Kier molecular flexibility index (Phi) is 4.99. The van der Waals surface area contributed by atoms with E-state index >= 15 is 0 Å². The number of nitrogens with zero attached hydrogens (tertiary/aromatic N) is 2. The summed E-state index contributed by atoms with van der Waals surface area (Å²) in [4.78, 5) is 19.0. The van der Waals surface area contributed by atoms with Crippen LogP contribution in [0.2, 0.25) is 0 Å². The lowest BCUT2D eigenvalue weighted by atomic mass is 10.1. The molecule has 1 heterocycles. The Bertz CT molecular complexity index is 436. The van der Waals surface area contributed by atoms with Gasteiger partial charge in [0.1, 0.15) is 5.69 Å². The summed E-state index contributed by atoms with van der Waals surface area (Å²) in [6.45, 7) is 5.14. The Labute approximate surface area is 121 Å². The maximum absolute atomic E-state index is 12.7. The van der Waals surface area contributed by atoms with E-state index < -0.39 is 0 Å². The molecule has 1 fully saturated rings. The Balaban J connectivity index is 2.15. The number of anilines is 1. The average Bonchev–Trinajstić information content (AvgIpc) is 2.98. The molecule has 1 aromatic heterocycles. The lowest BCUT2D eigenvalue weighted by Gasteiger charge is -2.30. The molecule has 0 spiro atoms. The SMILES string of the molecule is CNc1ccc(C(=O)N(CC(C)C)C2CCCC2)nc1. The molecule has 4 heteroatoms. The summed E-state index contributed by atoms with van der Waals surface area (Å²) >= 11 is 0. The molecule has 2 rings (SSSR count). The second kappa shape index (κ2) is 6.73. The zero-order chi connectivity index (χ0) is 14.5. The van der Waals surface area contributed by atoms with Gasteiger partial charge in [0.2, 0.25) is 0 Å². The minimum Gasteiger partial charge on any atom is -0.387 e. The van der Waals surface area contributed by atoms with Gasteiger partial charge in [-0.25, -0.2) is 4.98 Å². The Morgan fingerprint density at radius 1 is 1.40 bits per heavy atom. The highest BCUT2D eigenvalue weighted by atomic mass is 16.2. The van der Waals surface area contributed by atoms with Gasteiger partial charge >= 0.3 is 0 Å². The van der Waals surface area contributed by atoms with E-state index in [1.165, 1.54) is 12.8 Å². The lowest BCUT2D eigenvalue weighted by Crippen LogP contribution is -2.41. The Morgan fingerprint density at radius 3 is 2.60 bits per heavy atom. The summed E-state index contributed by atoms with van der Waals surface area (Å²) in [6, 6.07) is 4.12. The first-order valence-electron chi connectivity index (χ1n) is 7.56. The molecule has 0 radical (unpaired) electrons. The Hall–Kier alpha value is -1.58. The third-order valence-corrected chi connectivity index (χ3v) is 3.86. The van der Waals surface area contributed by atoms with Crippen molar-refractivity contribution in [1.29, 1.82) is 0 Å². The van der Waals surface area contributed by atoms with Crippen molar-refractivity contribution in [3.8, 4) is 0 Å². The lowest BCUT2D eigenvalue weighted by molar-refractivity contribution is 0.0649. The second-order valence-electron chi connectivity index (χ2n) is 5.97. The standard InChI is InChI=1S/C16H25N3O/c1-12(2)11-19(14-6-4-5-7-14)16(20)15-9-8-13(17-3)10-18-15/h8-10,12,14,17H,4-7,11H2,1-3H3. The topological polar surface area (TPSA) is 45.2 Å². The van der Waals surface area contributed by atoms with E-state index in [9.17, 15) is 4.79 Å². The van der Waals surface area contributed by atoms with Crippen molar-refractivity contribution in [2.24, 2.45) is 5.92 Å². The molecule has 0 saturated heterocycles. The van der Waals surface area contributed by atoms with E-state index in [4.69, 9.17) is 0 Å². The monoisotopic (exact) mass is 275 g/mol. The number of nitrogens with one attached hydrogen (secondary N) is 1. The maximum Gasteiger partial charge on any atom is 0.272 e. The normalized spacial score (nSPS) is 15.6. The van der Waals surface area contributed by atoms with Gasteiger partial charge in [-0.15, -0.1) is 0 Å². The number of pyridine rings is 1. The highest BCUT2D eigenvalue weighted by molar-refractivity contribution is 5.92. The smallest absolute Gasteiger partial charge is 0.272 e. The van der Waals surface area contributed by atoms with Gasteiger partial charge in [-0.3, -0.25) is 4.79 Å². The molecule has 1 saturated carbocycles. The third kappa shape index (κ3) is 3.50. The number of hydrogen-bond acceptors (Lipinski definition) is 3. The van der Waals surface area contributed by atoms with E-state index in [-0.39, 0.29) is 5.91 Å². The summed E-state index contributed by atoms with van der Waals surface area (Å²) in [6.07, 6.45) is 6.45. The van der Waals surface area contributed by atoms with Crippen molar-refractivity contribution in [2.45, 2.75) is 45.6 Å². The van der Waals surface area contributed by atoms with Crippen LogP contribution in [0.5, 0.6) is 0 Å². The van der Waals surface area contributed by atoms with Crippen LogP contribution in [0.15, 0.2) is 18.3 Å². The zero-order valence-corrected chi connectivity index (χ0v) is 12.7. The van der Waals surface area contributed by atoms with E-state index in [2.05, 4.69) is 24.1 Å². The van der Waals surface area contributed by atoms with Crippen LogP contribution in [0.1, 0.15) is 50.0 Å². The van der Waals surface area contributed by atoms with Crippen LogP contribution in [0, 0.1) is 5.92 Å². The van der Waals surface area contributed by atoms with Gasteiger partial charge in [-0.1, -0.05) is 26.7 Å². The summed E-state index contributed by atoms with van der Waals surface area (Å²) in [5.74, 6) is 0.560. The predicted octanol–water partition coefficient (Wildman–Crippen LogP) is 3.16. The van der Waals surface area contributed by atoms with E-state index in [1.54, 1.807) is 6.20 Å². The number of aromatic nitrogens is 1. The molecular formula is C16H25N3O. The Morgan fingerprint density at radius 2 is 2.10 bits per heavy atom. The van der Waals surface area contributed by atoms with Gasteiger partial charge in [0.05, 0.1) is 11.9 Å². The molecule has 110 valence electrons. The summed E-state index contributed by atoms with van der Waals surface area (Å²) in [5.41, 5.74) is 1.48. The fourth-order valence-corrected chi connectivity index (χ4v) is 2.82. The largest absolute Gasteiger partial charge is 0.387 e. The molecular weight excluding hydrogens is 250 g/mol. The average molecular weight is 275 g/mol. The quantitative estimate of drug-likeness (QED) is 0.897. The van der Waals surface area contributed by atoms with Crippen LogP contribution in [-0.2, 0) is 0 Å². The number of hydrogen-bond donors (Lipinski definition) is 1. The molecule has 1 aliphatic rings. The van der Waals surface area contributed by atoms with Gasteiger partial charge < -0.3 is 10.2 Å². The predicted molar refractivity (Wildman–Crippen MR) is 81.9 cm³/mol. The number of carbonyl (C=O) groups is 1. The van der Waals surface area contributed by atoms with Crippen LogP contribution in [0.4, 0.5) is 5.69 Å². The van der Waals surface area contributed by atoms with Crippen LogP contribution in [0.3, 0.4) is 0 Å². The van der Waals surface area contributed by atoms with Crippen molar-refractivity contribution in [1.82, 2.24) is 9.88 Å². The highest BCUT2D eigenvalue weighted by Crippen LogP contribution is 2.25. The molecule has 0 bridgehead atoms. The first-order valence-corrected chi connectivity index (χ1v) is 7.56. The van der Waals surface area contributed by atoms with Gasteiger partial charge in [-0.2, -0.15) is 0 Å².